The molecule has 0 saturated carbocycles. The molecule has 0 aliphatic carbocycles. The van der Waals surface area contributed by atoms with E-state index >= 15 is 0 Å². The number of ether oxygens (including phenoxy) is 1. The summed E-state index contributed by atoms with van der Waals surface area (Å²) >= 11 is 0. The molecular weight excluding hydrogens is 472 g/mol. The Morgan fingerprint density at radius 1 is 1.03 bits per heavy atom. The summed E-state index contributed by atoms with van der Waals surface area (Å²) in [5, 5.41) is 5.49. The lowest BCUT2D eigenvalue weighted by molar-refractivity contribution is -0.149. The molecule has 2 atom stereocenters. The first-order valence-electron chi connectivity index (χ1n) is 12.9. The van der Waals surface area contributed by atoms with E-state index in [1.54, 1.807) is 20.8 Å². The summed E-state index contributed by atoms with van der Waals surface area (Å²) < 4.78 is 5.32. The molecular formula is C28H46N4O5. The van der Waals surface area contributed by atoms with Crippen LogP contribution in [0.5, 0.6) is 0 Å². The van der Waals surface area contributed by atoms with E-state index in [9.17, 15) is 19.2 Å². The number of carbonyl (C=O) groups excluding carboxylic acids is 4. The fraction of sp³-hybridized carbons (Fsp3) is 0.643. The number of nitrogens with two attached hydrogens (primary N) is 1. The summed E-state index contributed by atoms with van der Waals surface area (Å²) in [4.78, 5) is 53.7. The van der Waals surface area contributed by atoms with Crippen molar-refractivity contribution >= 4 is 23.8 Å². The van der Waals surface area contributed by atoms with Crippen LogP contribution in [-0.4, -0.2) is 52.4 Å². The minimum atomic E-state index is -1.31. The minimum absolute atomic E-state index is 0.330. The van der Waals surface area contributed by atoms with Gasteiger partial charge in [-0.1, -0.05) is 38.0 Å². The van der Waals surface area contributed by atoms with Gasteiger partial charge >= 0.3 is 6.09 Å². The number of hydrogen-bond acceptors (Lipinski definition) is 5. The van der Waals surface area contributed by atoms with Crippen LogP contribution in [0.15, 0.2) is 18.2 Å². The Hall–Kier alpha value is -3.10. The van der Waals surface area contributed by atoms with Crippen molar-refractivity contribution in [2.45, 2.75) is 111 Å². The molecule has 0 spiro atoms. The molecule has 9 nitrogen and oxygen atoms in total. The summed E-state index contributed by atoms with van der Waals surface area (Å²) in [5.74, 6) is -1.70. The van der Waals surface area contributed by atoms with Gasteiger partial charge in [-0.15, -0.1) is 0 Å². The van der Waals surface area contributed by atoms with Crippen molar-refractivity contribution in [3.05, 3.63) is 34.9 Å². The summed E-state index contributed by atoms with van der Waals surface area (Å²) in [5.41, 5.74) is 6.31. The van der Waals surface area contributed by atoms with Crippen molar-refractivity contribution in [2.24, 2.45) is 5.73 Å². The zero-order valence-electron chi connectivity index (χ0n) is 24.0. The largest absolute Gasteiger partial charge is 0.444 e. The van der Waals surface area contributed by atoms with Gasteiger partial charge in [0.05, 0.1) is 6.42 Å². The number of nitrogens with one attached hydrogen (secondary N) is 2. The number of primary amides is 1. The maximum absolute atomic E-state index is 14.1. The van der Waals surface area contributed by atoms with Gasteiger partial charge in [0.15, 0.2) is 0 Å². The van der Waals surface area contributed by atoms with Gasteiger partial charge in [0.25, 0.3) is 0 Å². The standard InChI is InChI=1S/C28H46N4O5/c1-10-11-12-16-30-24(34)23(20-15-13-14-18(2)19(20)3)32(27(4,5)6)25(35)21(17-22(29)33)31-26(36)37-28(7,8)9/h13-15,21,23H,10-12,16-17H2,1-9H3,(H2,29,33)(H,30,34)(H,31,36). The van der Waals surface area contributed by atoms with Gasteiger partial charge < -0.3 is 26.0 Å². The molecule has 4 N–H and O–H groups in total. The molecule has 9 heteroatoms. The second-order valence-electron chi connectivity index (χ2n) is 11.4. The van der Waals surface area contributed by atoms with Crippen LogP contribution in [0.25, 0.3) is 0 Å². The van der Waals surface area contributed by atoms with Gasteiger partial charge in [0.2, 0.25) is 17.7 Å². The highest BCUT2D eigenvalue weighted by molar-refractivity contribution is 5.95. The second kappa shape index (κ2) is 13.4. The number of rotatable bonds is 11. The van der Waals surface area contributed by atoms with Crippen molar-refractivity contribution in [1.82, 2.24) is 15.5 Å². The minimum Gasteiger partial charge on any atom is -0.444 e. The molecule has 1 rings (SSSR count). The fourth-order valence-corrected chi connectivity index (χ4v) is 4.01. The first-order chi connectivity index (χ1) is 17.0. The van der Waals surface area contributed by atoms with Crippen LogP contribution in [0.3, 0.4) is 0 Å². The van der Waals surface area contributed by atoms with Crippen molar-refractivity contribution in [2.75, 3.05) is 6.54 Å². The predicted octanol–water partition coefficient (Wildman–Crippen LogP) is 4.05. The van der Waals surface area contributed by atoms with Gasteiger partial charge in [-0.25, -0.2) is 4.79 Å². The normalized spacial score (nSPS) is 13.3. The topological polar surface area (TPSA) is 131 Å². The van der Waals surface area contributed by atoms with Gasteiger partial charge in [-0.3, -0.25) is 14.4 Å². The Bertz CT molecular complexity index is 962. The van der Waals surface area contributed by atoms with E-state index in [0.29, 0.717) is 12.1 Å². The Balaban J connectivity index is 3.59. The second-order valence-corrected chi connectivity index (χ2v) is 11.4. The number of hydrogen-bond donors (Lipinski definition) is 3. The third kappa shape index (κ3) is 10.1. The lowest BCUT2D eigenvalue weighted by Crippen LogP contribution is -2.59. The van der Waals surface area contributed by atoms with Crippen molar-refractivity contribution in [1.29, 1.82) is 0 Å². The Labute approximate surface area is 221 Å². The van der Waals surface area contributed by atoms with E-state index in [-0.39, 0.29) is 5.91 Å². The number of amides is 4. The molecule has 0 radical (unpaired) electrons. The van der Waals surface area contributed by atoms with Gasteiger partial charge in [-0.2, -0.15) is 0 Å². The predicted molar refractivity (Wildman–Crippen MR) is 145 cm³/mol. The molecule has 0 saturated heterocycles. The van der Waals surface area contributed by atoms with E-state index in [0.717, 1.165) is 30.4 Å². The van der Waals surface area contributed by atoms with Crippen LogP contribution in [0, 0.1) is 13.8 Å². The van der Waals surface area contributed by atoms with Gasteiger partial charge in [0.1, 0.15) is 17.7 Å². The van der Waals surface area contributed by atoms with Crippen LogP contribution in [0.4, 0.5) is 4.79 Å². The molecule has 1 aromatic rings. The highest BCUT2D eigenvalue weighted by Gasteiger charge is 2.42. The maximum Gasteiger partial charge on any atom is 0.408 e. The van der Waals surface area contributed by atoms with Crippen molar-refractivity contribution in [3.63, 3.8) is 0 Å². The summed E-state index contributed by atoms with van der Waals surface area (Å²) in [6.07, 6.45) is 1.50. The summed E-state index contributed by atoms with van der Waals surface area (Å²) in [6, 6.07) is 3.31. The maximum atomic E-state index is 14.1. The lowest BCUT2D eigenvalue weighted by Gasteiger charge is -2.43. The summed E-state index contributed by atoms with van der Waals surface area (Å²) in [7, 11) is 0. The Kier molecular flexibility index (Phi) is 11.6. The average molecular weight is 519 g/mol. The number of alkyl carbamates (subject to hydrolysis) is 1. The number of nitrogens with zero attached hydrogens (tertiary/aromatic N) is 1. The molecule has 2 unspecified atom stereocenters. The third-order valence-electron chi connectivity index (χ3n) is 5.88. The lowest BCUT2D eigenvalue weighted by atomic mass is 9.91. The third-order valence-corrected chi connectivity index (χ3v) is 5.88. The average Bonchev–Trinajstić information content (AvgIpc) is 2.73. The van der Waals surface area contributed by atoms with E-state index < -0.39 is 47.6 Å². The molecule has 208 valence electrons. The smallest absolute Gasteiger partial charge is 0.408 e. The highest BCUT2D eigenvalue weighted by atomic mass is 16.6. The Morgan fingerprint density at radius 2 is 1.65 bits per heavy atom. The molecule has 4 amide bonds. The number of aryl methyl sites for hydroxylation is 1. The summed E-state index contributed by atoms with van der Waals surface area (Å²) in [6.45, 7) is 16.9. The van der Waals surface area contributed by atoms with E-state index in [2.05, 4.69) is 17.6 Å². The van der Waals surface area contributed by atoms with Crippen molar-refractivity contribution in [3.8, 4) is 0 Å². The number of carbonyl (C=O) groups is 4. The zero-order chi connectivity index (χ0) is 28.6. The van der Waals surface area contributed by atoms with E-state index in [4.69, 9.17) is 10.5 Å². The van der Waals surface area contributed by atoms with Crippen LogP contribution < -0.4 is 16.4 Å². The fourth-order valence-electron chi connectivity index (χ4n) is 4.01. The Morgan fingerprint density at radius 3 is 2.16 bits per heavy atom. The molecule has 0 aliphatic heterocycles. The highest BCUT2D eigenvalue weighted by Crippen LogP contribution is 2.33. The SMILES string of the molecule is CCCCCNC(=O)C(c1cccc(C)c1C)N(C(=O)C(CC(N)=O)NC(=O)OC(C)(C)C)C(C)(C)C. The molecule has 37 heavy (non-hydrogen) atoms. The molecule has 0 aromatic heterocycles. The quantitative estimate of drug-likeness (QED) is 0.381. The first kappa shape index (κ1) is 31.9. The molecule has 1 aromatic carbocycles. The number of benzene rings is 1. The van der Waals surface area contributed by atoms with E-state index in [1.165, 1.54) is 4.90 Å². The molecule has 0 aliphatic rings. The monoisotopic (exact) mass is 518 g/mol. The van der Waals surface area contributed by atoms with Crippen LogP contribution >= 0.6 is 0 Å². The van der Waals surface area contributed by atoms with Gasteiger partial charge in [-0.05, 0) is 78.5 Å². The molecule has 0 bridgehead atoms. The zero-order valence-corrected chi connectivity index (χ0v) is 24.0. The number of unbranched alkanes of at least 4 members (excludes halogenated alkanes) is 2. The molecule has 0 heterocycles. The molecule has 0 fully saturated rings. The van der Waals surface area contributed by atoms with Gasteiger partial charge in [0, 0.05) is 12.1 Å². The van der Waals surface area contributed by atoms with Crippen LogP contribution in [0.2, 0.25) is 0 Å². The van der Waals surface area contributed by atoms with Crippen molar-refractivity contribution < 1.29 is 23.9 Å². The van der Waals surface area contributed by atoms with Crippen LogP contribution in [-0.2, 0) is 19.1 Å². The van der Waals surface area contributed by atoms with Crippen LogP contribution in [0.1, 0.15) is 96.9 Å². The first-order valence-corrected chi connectivity index (χ1v) is 12.9. The van der Waals surface area contributed by atoms with E-state index in [1.807, 2.05) is 52.8 Å².